The van der Waals surface area contributed by atoms with Crippen molar-refractivity contribution < 1.29 is 14.4 Å². The molecule has 0 atom stereocenters. The summed E-state index contributed by atoms with van der Waals surface area (Å²) in [7, 11) is 0. The van der Waals surface area contributed by atoms with Gasteiger partial charge in [-0.25, -0.2) is 0 Å². The van der Waals surface area contributed by atoms with Gasteiger partial charge in [-0.2, -0.15) is 0 Å². The summed E-state index contributed by atoms with van der Waals surface area (Å²) in [5, 5.41) is 13.7. The van der Waals surface area contributed by atoms with Crippen LogP contribution in [0.15, 0.2) is 22.7 Å². The van der Waals surface area contributed by atoms with E-state index in [0.717, 1.165) is 22.2 Å². The number of fused-ring (bicyclic) bond motifs is 1. The van der Waals surface area contributed by atoms with Crippen LogP contribution in [-0.2, 0) is 11.2 Å². The average Bonchev–Trinajstić information content (AvgIpc) is 2.98. The van der Waals surface area contributed by atoms with Gasteiger partial charge >= 0.3 is 5.97 Å². The van der Waals surface area contributed by atoms with Gasteiger partial charge in [0.2, 0.25) is 0 Å². The minimum absolute atomic E-state index is 0.0293. The monoisotopic (exact) mass is 217 g/mol. The van der Waals surface area contributed by atoms with Crippen LogP contribution in [0.2, 0.25) is 0 Å². The van der Waals surface area contributed by atoms with Gasteiger partial charge < -0.3 is 9.63 Å². The molecule has 1 fully saturated rings. The number of carboxylic acids is 1. The van der Waals surface area contributed by atoms with Crippen molar-refractivity contribution in [2.24, 2.45) is 0 Å². The Labute approximate surface area is 91.9 Å². The van der Waals surface area contributed by atoms with Gasteiger partial charge in [-0.3, -0.25) is 4.79 Å². The maximum absolute atomic E-state index is 10.6. The van der Waals surface area contributed by atoms with E-state index < -0.39 is 5.97 Å². The first-order valence-electron chi connectivity index (χ1n) is 5.34. The molecule has 4 nitrogen and oxygen atoms in total. The average molecular weight is 217 g/mol. The SMILES string of the molecule is O=C(O)Cc1ccc2c(C3CC3)onc2c1. The first kappa shape index (κ1) is 9.39. The van der Waals surface area contributed by atoms with Crippen LogP contribution in [0.25, 0.3) is 10.9 Å². The van der Waals surface area contributed by atoms with Crippen molar-refractivity contribution in [1.82, 2.24) is 5.16 Å². The first-order valence-corrected chi connectivity index (χ1v) is 5.34. The highest BCUT2D eigenvalue weighted by atomic mass is 16.5. The fourth-order valence-electron chi connectivity index (χ4n) is 1.93. The summed E-state index contributed by atoms with van der Waals surface area (Å²) >= 11 is 0. The number of benzene rings is 1. The van der Waals surface area contributed by atoms with E-state index in [1.165, 1.54) is 12.8 Å². The maximum atomic E-state index is 10.6. The number of nitrogens with zero attached hydrogens (tertiary/aromatic N) is 1. The predicted octanol–water partition coefficient (Wildman–Crippen LogP) is 2.33. The van der Waals surface area contributed by atoms with E-state index in [2.05, 4.69) is 5.16 Å². The standard InChI is InChI=1S/C12H11NO3/c14-11(15)6-7-1-4-9-10(5-7)13-16-12(9)8-2-3-8/h1,4-5,8H,2-3,6H2,(H,14,15). The number of aliphatic carboxylic acids is 1. The summed E-state index contributed by atoms with van der Waals surface area (Å²) in [6.07, 6.45) is 2.36. The zero-order chi connectivity index (χ0) is 11.1. The molecular weight excluding hydrogens is 206 g/mol. The molecule has 82 valence electrons. The molecule has 1 heterocycles. The van der Waals surface area contributed by atoms with Crippen LogP contribution in [0.3, 0.4) is 0 Å². The fourth-order valence-corrected chi connectivity index (χ4v) is 1.93. The van der Waals surface area contributed by atoms with Gasteiger partial charge in [0.1, 0.15) is 11.3 Å². The van der Waals surface area contributed by atoms with Crippen LogP contribution in [0.5, 0.6) is 0 Å². The molecule has 0 amide bonds. The van der Waals surface area contributed by atoms with Crippen LogP contribution >= 0.6 is 0 Å². The maximum Gasteiger partial charge on any atom is 0.307 e. The molecule has 0 saturated heterocycles. The van der Waals surface area contributed by atoms with E-state index in [-0.39, 0.29) is 6.42 Å². The molecule has 2 aromatic rings. The van der Waals surface area contributed by atoms with E-state index in [9.17, 15) is 4.79 Å². The molecular formula is C12H11NO3. The van der Waals surface area contributed by atoms with Crippen molar-refractivity contribution >= 4 is 16.9 Å². The largest absolute Gasteiger partial charge is 0.481 e. The van der Waals surface area contributed by atoms with Gasteiger partial charge in [0.15, 0.2) is 0 Å². The Morgan fingerprint density at radius 3 is 3.00 bits per heavy atom. The molecule has 16 heavy (non-hydrogen) atoms. The van der Waals surface area contributed by atoms with Crippen molar-refractivity contribution in [2.45, 2.75) is 25.2 Å². The van der Waals surface area contributed by atoms with Crippen LogP contribution in [0.4, 0.5) is 0 Å². The molecule has 1 aromatic carbocycles. The Morgan fingerprint density at radius 2 is 2.31 bits per heavy atom. The lowest BCUT2D eigenvalue weighted by Gasteiger charge is -1.96. The van der Waals surface area contributed by atoms with Gasteiger partial charge in [-0.15, -0.1) is 0 Å². The van der Waals surface area contributed by atoms with Crippen LogP contribution < -0.4 is 0 Å². The Bertz CT molecular complexity index is 554. The quantitative estimate of drug-likeness (QED) is 0.857. The minimum atomic E-state index is -0.828. The number of carboxylic acid groups (broad SMARTS) is 1. The topological polar surface area (TPSA) is 63.3 Å². The highest BCUT2D eigenvalue weighted by Gasteiger charge is 2.29. The summed E-state index contributed by atoms with van der Waals surface area (Å²) in [6, 6.07) is 5.54. The van der Waals surface area contributed by atoms with E-state index in [1.54, 1.807) is 6.07 Å². The van der Waals surface area contributed by atoms with Gasteiger partial charge in [-0.05, 0) is 30.5 Å². The lowest BCUT2D eigenvalue weighted by atomic mass is 10.1. The number of rotatable bonds is 3. The Kier molecular flexibility index (Phi) is 1.96. The van der Waals surface area contributed by atoms with Crippen molar-refractivity contribution in [2.75, 3.05) is 0 Å². The summed E-state index contributed by atoms with van der Waals surface area (Å²) in [5.41, 5.74) is 1.52. The summed E-state index contributed by atoms with van der Waals surface area (Å²) < 4.78 is 5.30. The molecule has 0 radical (unpaired) electrons. The van der Waals surface area contributed by atoms with Crippen LogP contribution in [0, 0.1) is 0 Å². The van der Waals surface area contributed by atoms with E-state index >= 15 is 0 Å². The molecule has 1 aromatic heterocycles. The molecule has 0 unspecified atom stereocenters. The molecule has 1 aliphatic carbocycles. The second-order valence-electron chi connectivity index (χ2n) is 4.24. The Balaban J connectivity index is 2.02. The van der Waals surface area contributed by atoms with Crippen molar-refractivity contribution in [3.8, 4) is 0 Å². The summed E-state index contributed by atoms with van der Waals surface area (Å²) in [4.78, 5) is 10.6. The van der Waals surface area contributed by atoms with Gasteiger partial charge in [-0.1, -0.05) is 11.2 Å². The number of hydrogen-bond acceptors (Lipinski definition) is 3. The fraction of sp³-hybridized carbons (Fsp3) is 0.333. The second kappa shape index (κ2) is 3.33. The third kappa shape index (κ3) is 1.56. The third-order valence-corrected chi connectivity index (χ3v) is 2.87. The van der Waals surface area contributed by atoms with Crippen molar-refractivity contribution in [1.29, 1.82) is 0 Å². The predicted molar refractivity (Wildman–Crippen MR) is 57.3 cm³/mol. The molecule has 0 spiro atoms. The second-order valence-corrected chi connectivity index (χ2v) is 4.24. The molecule has 4 heteroatoms. The highest BCUT2D eigenvalue weighted by molar-refractivity contribution is 5.83. The summed E-state index contributed by atoms with van der Waals surface area (Å²) in [5.74, 6) is 0.650. The minimum Gasteiger partial charge on any atom is -0.481 e. The Morgan fingerprint density at radius 1 is 1.50 bits per heavy atom. The van der Waals surface area contributed by atoms with Crippen LogP contribution in [0.1, 0.15) is 30.1 Å². The molecule has 1 N–H and O–H groups in total. The van der Waals surface area contributed by atoms with E-state index in [1.807, 2.05) is 12.1 Å². The van der Waals surface area contributed by atoms with Crippen molar-refractivity contribution in [3.63, 3.8) is 0 Å². The molecule has 1 aliphatic rings. The smallest absolute Gasteiger partial charge is 0.307 e. The lowest BCUT2D eigenvalue weighted by molar-refractivity contribution is -0.136. The Hall–Kier alpha value is -1.84. The highest BCUT2D eigenvalue weighted by Crippen LogP contribution is 2.43. The lowest BCUT2D eigenvalue weighted by Crippen LogP contribution is -1.99. The molecule has 3 rings (SSSR count). The van der Waals surface area contributed by atoms with E-state index in [0.29, 0.717) is 5.92 Å². The number of aromatic nitrogens is 1. The zero-order valence-electron chi connectivity index (χ0n) is 8.64. The van der Waals surface area contributed by atoms with E-state index in [4.69, 9.17) is 9.63 Å². The van der Waals surface area contributed by atoms with Crippen LogP contribution in [-0.4, -0.2) is 16.2 Å². The third-order valence-electron chi connectivity index (χ3n) is 2.87. The van der Waals surface area contributed by atoms with Gasteiger partial charge in [0.05, 0.1) is 6.42 Å². The number of carbonyl (C=O) groups is 1. The van der Waals surface area contributed by atoms with Gasteiger partial charge in [0, 0.05) is 11.3 Å². The first-order chi connectivity index (χ1) is 7.74. The molecule has 0 bridgehead atoms. The van der Waals surface area contributed by atoms with Crippen molar-refractivity contribution in [3.05, 3.63) is 29.5 Å². The molecule has 0 aliphatic heterocycles. The zero-order valence-corrected chi connectivity index (χ0v) is 8.64. The summed E-state index contributed by atoms with van der Waals surface area (Å²) in [6.45, 7) is 0. The van der Waals surface area contributed by atoms with Gasteiger partial charge in [0.25, 0.3) is 0 Å². The number of hydrogen-bond donors (Lipinski definition) is 1. The molecule has 1 saturated carbocycles. The normalized spacial score (nSPS) is 15.5.